The van der Waals surface area contributed by atoms with Crippen molar-refractivity contribution in [2.24, 2.45) is 0 Å². The second-order valence-electron chi connectivity index (χ2n) is 6.91. The summed E-state index contributed by atoms with van der Waals surface area (Å²) in [4.78, 5) is 6.85. The van der Waals surface area contributed by atoms with Gasteiger partial charge in [-0.05, 0) is 50.4 Å². The number of benzene rings is 1. The first-order valence-corrected chi connectivity index (χ1v) is 10.3. The van der Waals surface area contributed by atoms with Crippen LogP contribution in [0.5, 0.6) is 0 Å². The number of aromatic nitrogens is 1. The maximum absolute atomic E-state index is 12.6. The molecule has 1 saturated heterocycles. The topological polar surface area (TPSA) is 62.3 Å². The molecule has 128 valence electrons. The third-order valence-electron chi connectivity index (χ3n) is 5.00. The summed E-state index contributed by atoms with van der Waals surface area (Å²) in [7, 11) is -3.36. The summed E-state index contributed by atoms with van der Waals surface area (Å²) in [5.74, 6) is -0.00973. The van der Waals surface area contributed by atoms with Gasteiger partial charge in [-0.25, -0.2) is 13.1 Å². The number of nitrogens with one attached hydrogen (secondary N) is 1. The lowest BCUT2D eigenvalue weighted by Gasteiger charge is -2.32. The van der Waals surface area contributed by atoms with Crippen molar-refractivity contribution in [3.8, 4) is 0 Å². The van der Waals surface area contributed by atoms with E-state index in [4.69, 9.17) is 0 Å². The molecule has 4 rings (SSSR count). The third kappa shape index (κ3) is 3.61. The van der Waals surface area contributed by atoms with Crippen molar-refractivity contribution < 1.29 is 8.42 Å². The number of hydrogen-bond donors (Lipinski definition) is 1. The molecule has 1 N–H and O–H groups in total. The Balaban J connectivity index is 1.43. The molecular weight excluding hydrogens is 322 g/mol. The number of pyridine rings is 1. The van der Waals surface area contributed by atoms with E-state index in [2.05, 4.69) is 14.6 Å². The number of para-hydroxylation sites is 1. The van der Waals surface area contributed by atoms with E-state index in [-0.39, 0.29) is 11.8 Å². The predicted octanol–water partition coefficient (Wildman–Crippen LogP) is 2.28. The van der Waals surface area contributed by atoms with Crippen molar-refractivity contribution in [1.82, 2.24) is 14.6 Å². The summed E-state index contributed by atoms with van der Waals surface area (Å²) in [6.45, 7) is 2.02. The number of nitrogens with zero attached hydrogens (tertiary/aromatic N) is 2. The second kappa shape index (κ2) is 6.43. The highest BCUT2D eigenvalue weighted by Gasteiger charge is 2.32. The van der Waals surface area contributed by atoms with Crippen LogP contribution in [0.25, 0.3) is 10.9 Å². The van der Waals surface area contributed by atoms with Crippen molar-refractivity contribution in [2.75, 3.05) is 13.1 Å². The largest absolute Gasteiger partial charge is 0.300 e. The molecule has 0 spiro atoms. The number of fused-ring (bicyclic) bond motifs is 1. The Morgan fingerprint density at radius 3 is 2.58 bits per heavy atom. The van der Waals surface area contributed by atoms with Crippen LogP contribution < -0.4 is 4.72 Å². The van der Waals surface area contributed by atoms with Crippen LogP contribution in [-0.4, -0.2) is 43.5 Å². The molecule has 0 bridgehead atoms. The molecule has 1 aromatic heterocycles. The van der Waals surface area contributed by atoms with Gasteiger partial charge >= 0.3 is 0 Å². The Kier molecular flexibility index (Phi) is 4.28. The van der Waals surface area contributed by atoms with E-state index >= 15 is 0 Å². The Bertz CT molecular complexity index is 820. The highest BCUT2D eigenvalue weighted by molar-refractivity contribution is 7.88. The zero-order chi connectivity index (χ0) is 16.6. The van der Waals surface area contributed by atoms with Gasteiger partial charge in [0.15, 0.2) is 0 Å². The van der Waals surface area contributed by atoms with Crippen molar-refractivity contribution >= 4 is 20.9 Å². The SMILES string of the molecule is O=S(=O)(Cc1cccc2cccnc12)NC1CCN(C2CC2)CC1. The van der Waals surface area contributed by atoms with E-state index in [0.29, 0.717) is 0 Å². The molecule has 0 amide bonds. The fourth-order valence-corrected chi connectivity index (χ4v) is 5.08. The van der Waals surface area contributed by atoms with E-state index in [1.807, 2.05) is 30.3 Å². The number of piperidine rings is 1. The first-order valence-electron chi connectivity index (χ1n) is 8.67. The Morgan fingerprint density at radius 2 is 1.83 bits per heavy atom. The molecule has 1 aliphatic carbocycles. The van der Waals surface area contributed by atoms with Crippen LogP contribution in [0.2, 0.25) is 0 Å². The number of likely N-dealkylation sites (tertiary alicyclic amines) is 1. The lowest BCUT2D eigenvalue weighted by atomic mass is 10.1. The lowest BCUT2D eigenvalue weighted by molar-refractivity contribution is 0.199. The van der Waals surface area contributed by atoms with Crippen LogP contribution in [0.15, 0.2) is 36.5 Å². The summed E-state index contributed by atoms with van der Waals surface area (Å²) >= 11 is 0. The maximum atomic E-state index is 12.6. The van der Waals surface area contributed by atoms with Crippen LogP contribution >= 0.6 is 0 Å². The zero-order valence-electron chi connectivity index (χ0n) is 13.7. The molecule has 0 radical (unpaired) electrons. The zero-order valence-corrected chi connectivity index (χ0v) is 14.5. The van der Waals surface area contributed by atoms with Crippen LogP contribution in [0.4, 0.5) is 0 Å². The van der Waals surface area contributed by atoms with Gasteiger partial charge in [0.25, 0.3) is 0 Å². The van der Waals surface area contributed by atoms with Gasteiger partial charge in [-0.15, -0.1) is 0 Å². The molecule has 24 heavy (non-hydrogen) atoms. The first kappa shape index (κ1) is 16.0. The van der Waals surface area contributed by atoms with Crippen molar-refractivity contribution in [1.29, 1.82) is 0 Å². The minimum atomic E-state index is -3.36. The third-order valence-corrected chi connectivity index (χ3v) is 6.38. The minimum absolute atomic E-state index is 0.00973. The van der Waals surface area contributed by atoms with E-state index < -0.39 is 10.0 Å². The van der Waals surface area contributed by atoms with Crippen LogP contribution in [0, 0.1) is 0 Å². The lowest BCUT2D eigenvalue weighted by Crippen LogP contribution is -2.45. The maximum Gasteiger partial charge on any atom is 0.216 e. The Morgan fingerprint density at radius 1 is 1.08 bits per heavy atom. The van der Waals surface area contributed by atoms with E-state index in [0.717, 1.165) is 48.4 Å². The molecule has 1 aromatic carbocycles. The van der Waals surface area contributed by atoms with Gasteiger partial charge in [-0.1, -0.05) is 24.3 Å². The first-order chi connectivity index (χ1) is 11.6. The van der Waals surface area contributed by atoms with Gasteiger partial charge < -0.3 is 4.90 Å². The second-order valence-corrected chi connectivity index (χ2v) is 8.66. The molecule has 1 aliphatic heterocycles. The molecule has 2 aliphatic rings. The Hall–Kier alpha value is -1.50. The standard InChI is InChI=1S/C18H23N3O2S/c22-24(23,20-16-8-11-21(12-9-16)17-6-7-17)13-15-4-1-3-14-5-2-10-19-18(14)15/h1-5,10,16-17,20H,6-9,11-13H2. The van der Waals surface area contributed by atoms with Gasteiger partial charge in [0.1, 0.15) is 0 Å². The molecule has 0 unspecified atom stereocenters. The van der Waals surface area contributed by atoms with Gasteiger partial charge in [-0.3, -0.25) is 4.98 Å². The van der Waals surface area contributed by atoms with Gasteiger partial charge in [0, 0.05) is 23.7 Å². The highest BCUT2D eigenvalue weighted by Crippen LogP contribution is 2.29. The van der Waals surface area contributed by atoms with Crippen LogP contribution in [-0.2, 0) is 15.8 Å². The average Bonchev–Trinajstić information content (AvgIpc) is 3.40. The molecule has 2 heterocycles. The van der Waals surface area contributed by atoms with E-state index in [1.165, 1.54) is 12.8 Å². The van der Waals surface area contributed by atoms with Gasteiger partial charge in [0.2, 0.25) is 10.0 Å². The monoisotopic (exact) mass is 345 g/mol. The summed E-state index contributed by atoms with van der Waals surface area (Å²) in [5, 5.41) is 0.975. The molecule has 0 atom stereocenters. The average molecular weight is 345 g/mol. The predicted molar refractivity (Wildman–Crippen MR) is 95.1 cm³/mol. The summed E-state index contributed by atoms with van der Waals surface area (Å²) in [6.07, 6.45) is 6.14. The fourth-order valence-electron chi connectivity index (χ4n) is 3.61. The van der Waals surface area contributed by atoms with E-state index in [1.54, 1.807) is 6.20 Å². The van der Waals surface area contributed by atoms with Crippen LogP contribution in [0.1, 0.15) is 31.2 Å². The normalized spacial score (nSPS) is 20.5. The quantitative estimate of drug-likeness (QED) is 0.903. The molecule has 1 saturated carbocycles. The van der Waals surface area contributed by atoms with Gasteiger partial charge in [0.05, 0.1) is 11.3 Å². The fraction of sp³-hybridized carbons (Fsp3) is 0.500. The number of hydrogen-bond acceptors (Lipinski definition) is 4. The Labute approximate surface area is 143 Å². The van der Waals surface area contributed by atoms with Crippen molar-refractivity contribution in [3.63, 3.8) is 0 Å². The smallest absolute Gasteiger partial charge is 0.216 e. The van der Waals surface area contributed by atoms with Crippen molar-refractivity contribution in [2.45, 2.75) is 43.5 Å². The van der Waals surface area contributed by atoms with Crippen molar-refractivity contribution in [3.05, 3.63) is 42.1 Å². The molecule has 6 heteroatoms. The summed E-state index contributed by atoms with van der Waals surface area (Å²) < 4.78 is 28.1. The molecule has 2 aromatic rings. The highest BCUT2D eigenvalue weighted by atomic mass is 32.2. The summed E-state index contributed by atoms with van der Waals surface area (Å²) in [6, 6.07) is 10.4. The minimum Gasteiger partial charge on any atom is -0.300 e. The summed E-state index contributed by atoms with van der Waals surface area (Å²) in [5.41, 5.74) is 1.53. The van der Waals surface area contributed by atoms with Gasteiger partial charge in [-0.2, -0.15) is 0 Å². The number of rotatable bonds is 5. The van der Waals surface area contributed by atoms with Crippen LogP contribution in [0.3, 0.4) is 0 Å². The number of sulfonamides is 1. The molecule has 5 nitrogen and oxygen atoms in total. The molecular formula is C18H23N3O2S. The molecule has 2 fully saturated rings. The van der Waals surface area contributed by atoms with E-state index in [9.17, 15) is 8.42 Å².